The van der Waals surface area contributed by atoms with Gasteiger partial charge in [-0.15, -0.1) is 36.2 Å². The Balaban J connectivity index is 0.00000288. The van der Waals surface area contributed by atoms with Crippen molar-refractivity contribution < 1.29 is 4.79 Å². The van der Waals surface area contributed by atoms with E-state index in [4.69, 9.17) is 10.7 Å². The van der Waals surface area contributed by atoms with Crippen LogP contribution in [0.4, 0.5) is 0 Å². The predicted molar refractivity (Wildman–Crippen MR) is 112 cm³/mol. The van der Waals surface area contributed by atoms with Gasteiger partial charge in [-0.25, -0.2) is 4.98 Å². The lowest BCUT2D eigenvalue weighted by molar-refractivity contribution is -0.131. The molecule has 0 aliphatic carbocycles. The number of para-hydroxylation sites is 1. The number of fused-ring (bicyclic) bond motifs is 1. The molecule has 0 aliphatic heterocycles. The van der Waals surface area contributed by atoms with Crippen molar-refractivity contribution in [1.82, 2.24) is 10.3 Å². The summed E-state index contributed by atoms with van der Waals surface area (Å²) in [7, 11) is 0. The van der Waals surface area contributed by atoms with E-state index in [0.717, 1.165) is 36.2 Å². The number of nitrogens with one attached hydrogen (secondary N) is 1. The number of amides is 1. The fourth-order valence-electron chi connectivity index (χ4n) is 2.85. The van der Waals surface area contributed by atoms with Crippen molar-refractivity contribution in [2.75, 3.05) is 13.1 Å². The van der Waals surface area contributed by atoms with Gasteiger partial charge in [0.25, 0.3) is 0 Å². The second-order valence-electron chi connectivity index (χ2n) is 5.99. The summed E-state index contributed by atoms with van der Waals surface area (Å²) in [5.41, 5.74) is 6.16. The molecule has 0 spiro atoms. The lowest BCUT2D eigenvalue weighted by atomic mass is 9.78. The Hall–Kier alpha value is -0.880. The minimum Gasteiger partial charge on any atom is -0.356 e. The largest absolute Gasteiger partial charge is 0.356 e. The number of hydrogen-bond acceptors (Lipinski definition) is 4. The molecule has 3 N–H and O–H groups in total. The van der Waals surface area contributed by atoms with Crippen LogP contribution in [0, 0.1) is 5.41 Å². The Kier molecular flexibility index (Phi) is 11.3. The molecule has 1 aromatic heterocycles. The van der Waals surface area contributed by atoms with Crippen molar-refractivity contribution >= 4 is 52.3 Å². The second kappa shape index (κ2) is 11.7. The van der Waals surface area contributed by atoms with Gasteiger partial charge in [0.2, 0.25) is 5.91 Å². The van der Waals surface area contributed by atoms with Crippen LogP contribution in [0.15, 0.2) is 24.3 Å². The van der Waals surface area contributed by atoms with Crippen LogP contribution in [0.3, 0.4) is 0 Å². The van der Waals surface area contributed by atoms with E-state index in [1.54, 1.807) is 11.3 Å². The van der Waals surface area contributed by atoms with Crippen molar-refractivity contribution in [3.63, 3.8) is 0 Å². The first-order valence-electron chi connectivity index (χ1n) is 8.48. The second-order valence-corrected chi connectivity index (χ2v) is 7.11. The molecule has 0 fully saturated rings. The molecule has 0 unspecified atom stereocenters. The zero-order chi connectivity index (χ0) is 16.7. The van der Waals surface area contributed by atoms with E-state index in [1.165, 1.54) is 4.70 Å². The first kappa shape index (κ1) is 24.1. The van der Waals surface area contributed by atoms with Crippen molar-refractivity contribution in [1.29, 1.82) is 0 Å². The van der Waals surface area contributed by atoms with Crippen molar-refractivity contribution in [3.8, 4) is 0 Å². The Morgan fingerprint density at radius 3 is 2.48 bits per heavy atom. The van der Waals surface area contributed by atoms with Crippen LogP contribution in [0.5, 0.6) is 0 Å². The molecule has 7 heteroatoms. The molecule has 0 aliphatic rings. The molecule has 1 heterocycles. The molecule has 4 nitrogen and oxygen atoms in total. The number of carbonyl (C=O) groups is 1. The summed E-state index contributed by atoms with van der Waals surface area (Å²) in [5.74, 6) is 0.152. The fourth-order valence-corrected chi connectivity index (χ4v) is 3.96. The molecule has 0 radical (unpaired) electrons. The van der Waals surface area contributed by atoms with E-state index in [2.05, 4.69) is 25.2 Å². The Labute approximate surface area is 166 Å². The average Bonchev–Trinajstić information content (AvgIpc) is 2.98. The quantitative estimate of drug-likeness (QED) is 0.609. The van der Waals surface area contributed by atoms with Crippen LogP contribution >= 0.6 is 36.2 Å². The van der Waals surface area contributed by atoms with Crippen molar-refractivity contribution in [3.05, 3.63) is 29.3 Å². The number of nitrogens with zero attached hydrogens (tertiary/aromatic N) is 1. The summed E-state index contributed by atoms with van der Waals surface area (Å²) >= 11 is 1.70. The first-order chi connectivity index (χ1) is 11.1. The number of benzene rings is 1. The number of nitrogens with two attached hydrogens (primary N) is 1. The first-order valence-corrected chi connectivity index (χ1v) is 9.29. The van der Waals surface area contributed by atoms with Gasteiger partial charge in [0, 0.05) is 13.0 Å². The summed E-state index contributed by atoms with van der Waals surface area (Å²) in [6, 6.07) is 8.15. The van der Waals surface area contributed by atoms with Crippen LogP contribution in [0.1, 0.15) is 44.5 Å². The number of rotatable bonds is 9. The fraction of sp³-hybridized carbons (Fsp3) is 0.556. The molecular formula is C18H29Cl2N3OS. The summed E-state index contributed by atoms with van der Waals surface area (Å²) in [6.45, 7) is 5.57. The molecule has 0 saturated carbocycles. The summed E-state index contributed by atoms with van der Waals surface area (Å²) in [6.07, 6.45) is 4.24. The van der Waals surface area contributed by atoms with Crippen LogP contribution in [0.2, 0.25) is 0 Å². The van der Waals surface area contributed by atoms with Gasteiger partial charge in [0.1, 0.15) is 0 Å². The highest BCUT2D eigenvalue weighted by Crippen LogP contribution is 2.34. The minimum absolute atomic E-state index is 0. The molecule has 0 bridgehead atoms. The highest BCUT2D eigenvalue weighted by atomic mass is 35.5. The number of unbranched alkanes of at least 4 members (excludes halogenated alkanes) is 1. The van der Waals surface area contributed by atoms with E-state index < -0.39 is 0 Å². The summed E-state index contributed by atoms with van der Waals surface area (Å²) in [5, 5.41) is 4.14. The predicted octanol–water partition coefficient (Wildman–Crippen LogP) is 4.34. The SMILES string of the molecule is CCC(CC)(Cc1nc2ccccc2s1)C(=O)NCCCCN.Cl.Cl. The Morgan fingerprint density at radius 1 is 1.20 bits per heavy atom. The third-order valence-corrected chi connectivity index (χ3v) is 5.62. The van der Waals surface area contributed by atoms with Gasteiger partial charge in [0.15, 0.2) is 0 Å². The van der Waals surface area contributed by atoms with Gasteiger partial charge < -0.3 is 11.1 Å². The molecule has 0 atom stereocenters. The van der Waals surface area contributed by atoms with Crippen LogP contribution in [-0.2, 0) is 11.2 Å². The smallest absolute Gasteiger partial charge is 0.226 e. The van der Waals surface area contributed by atoms with Gasteiger partial charge in [-0.05, 0) is 44.4 Å². The Morgan fingerprint density at radius 2 is 1.88 bits per heavy atom. The molecule has 0 saturated heterocycles. The van der Waals surface area contributed by atoms with E-state index in [0.29, 0.717) is 19.5 Å². The van der Waals surface area contributed by atoms with Gasteiger partial charge >= 0.3 is 0 Å². The molecule has 1 aromatic carbocycles. The van der Waals surface area contributed by atoms with E-state index in [1.807, 2.05) is 18.2 Å². The molecule has 2 rings (SSSR count). The number of thiazole rings is 1. The van der Waals surface area contributed by atoms with E-state index in [9.17, 15) is 4.79 Å². The summed E-state index contributed by atoms with van der Waals surface area (Å²) < 4.78 is 1.19. The van der Waals surface area contributed by atoms with Crippen LogP contribution in [-0.4, -0.2) is 24.0 Å². The average molecular weight is 406 g/mol. The van der Waals surface area contributed by atoms with Gasteiger partial charge in [0.05, 0.1) is 20.6 Å². The third-order valence-electron chi connectivity index (χ3n) is 4.58. The number of hydrogen-bond donors (Lipinski definition) is 2. The maximum atomic E-state index is 12.7. The van der Waals surface area contributed by atoms with Crippen LogP contribution in [0.25, 0.3) is 10.2 Å². The topological polar surface area (TPSA) is 68.0 Å². The monoisotopic (exact) mass is 405 g/mol. The maximum Gasteiger partial charge on any atom is 0.226 e. The molecular weight excluding hydrogens is 377 g/mol. The standard InChI is InChI=1S/C18H27N3OS.2ClH/c1-3-18(4-2,17(22)20-12-8-7-11-19)13-16-21-14-9-5-6-10-15(14)23-16;;/h5-6,9-10H,3-4,7-8,11-13,19H2,1-2H3,(H,20,22);2*1H. The molecule has 25 heavy (non-hydrogen) atoms. The zero-order valence-electron chi connectivity index (χ0n) is 14.9. The lowest BCUT2D eigenvalue weighted by Crippen LogP contribution is -2.42. The lowest BCUT2D eigenvalue weighted by Gasteiger charge is -2.29. The van der Waals surface area contributed by atoms with E-state index in [-0.39, 0.29) is 36.1 Å². The van der Waals surface area contributed by atoms with Crippen molar-refractivity contribution in [2.45, 2.75) is 46.0 Å². The molecule has 2 aromatic rings. The van der Waals surface area contributed by atoms with Gasteiger partial charge in [-0.1, -0.05) is 26.0 Å². The van der Waals surface area contributed by atoms with Crippen molar-refractivity contribution in [2.24, 2.45) is 11.1 Å². The highest BCUT2D eigenvalue weighted by molar-refractivity contribution is 7.18. The maximum absolute atomic E-state index is 12.7. The Bertz CT molecular complexity index is 611. The summed E-state index contributed by atoms with van der Waals surface area (Å²) in [4.78, 5) is 17.5. The number of aromatic nitrogens is 1. The van der Waals surface area contributed by atoms with Crippen LogP contribution < -0.4 is 11.1 Å². The third kappa shape index (κ3) is 6.10. The normalized spacial score (nSPS) is 10.8. The number of halogens is 2. The molecule has 142 valence electrons. The number of carbonyl (C=O) groups excluding carboxylic acids is 1. The minimum atomic E-state index is -0.364. The zero-order valence-corrected chi connectivity index (χ0v) is 17.4. The highest BCUT2D eigenvalue weighted by Gasteiger charge is 2.35. The van der Waals surface area contributed by atoms with Gasteiger partial charge in [-0.2, -0.15) is 0 Å². The van der Waals surface area contributed by atoms with Gasteiger partial charge in [-0.3, -0.25) is 4.79 Å². The molecule has 1 amide bonds. The van der Waals surface area contributed by atoms with E-state index >= 15 is 0 Å².